The summed E-state index contributed by atoms with van der Waals surface area (Å²) in [6.45, 7) is 6.11. The van der Waals surface area contributed by atoms with Crippen molar-refractivity contribution in [1.29, 1.82) is 5.26 Å². The fourth-order valence-corrected chi connectivity index (χ4v) is 2.77. The lowest BCUT2D eigenvalue weighted by Gasteiger charge is -2.26. The Labute approximate surface area is 104 Å². The first-order valence-electron chi connectivity index (χ1n) is 6.83. The quantitative estimate of drug-likeness (QED) is 0.724. The fraction of sp³-hybridized carbons (Fsp3) is 0.923. The van der Waals surface area contributed by atoms with Gasteiger partial charge in [0.25, 0.3) is 0 Å². The van der Waals surface area contributed by atoms with E-state index in [4.69, 9.17) is 10.00 Å². The third-order valence-corrected chi connectivity index (χ3v) is 3.84. The maximum Gasteiger partial charge on any atom is 0.0672 e. The minimum absolute atomic E-state index is 0.249. The molecule has 1 aliphatic heterocycles. The van der Waals surface area contributed by atoms with Crippen LogP contribution in [0.4, 0.5) is 0 Å². The number of ether oxygens (including phenoxy) is 1. The smallest absolute Gasteiger partial charge is 0.0672 e. The number of morpholine rings is 1. The van der Waals surface area contributed by atoms with Crippen molar-refractivity contribution in [3.05, 3.63) is 0 Å². The van der Waals surface area contributed by atoms with E-state index in [1.807, 2.05) is 0 Å². The van der Waals surface area contributed by atoms with Crippen molar-refractivity contribution in [3.63, 3.8) is 0 Å². The monoisotopic (exact) mass is 237 g/mol. The van der Waals surface area contributed by atoms with Gasteiger partial charge in [0, 0.05) is 19.1 Å². The Balaban J connectivity index is 1.55. The topological polar surface area (TPSA) is 48.3 Å². The second-order valence-electron chi connectivity index (χ2n) is 5.03. The van der Waals surface area contributed by atoms with Crippen LogP contribution in [0.25, 0.3) is 0 Å². The molecule has 2 unspecified atom stereocenters. The van der Waals surface area contributed by atoms with Crippen molar-refractivity contribution in [2.75, 3.05) is 39.4 Å². The lowest BCUT2D eigenvalue weighted by atomic mass is 10.1. The van der Waals surface area contributed by atoms with Crippen LogP contribution >= 0.6 is 0 Å². The van der Waals surface area contributed by atoms with Crippen LogP contribution in [0.3, 0.4) is 0 Å². The Bertz CT molecular complexity index is 258. The summed E-state index contributed by atoms with van der Waals surface area (Å²) in [7, 11) is 0. The highest BCUT2D eigenvalue weighted by Gasteiger charge is 2.26. The Morgan fingerprint density at radius 1 is 1.29 bits per heavy atom. The zero-order chi connectivity index (χ0) is 11.9. The van der Waals surface area contributed by atoms with Gasteiger partial charge in [-0.15, -0.1) is 0 Å². The summed E-state index contributed by atoms with van der Waals surface area (Å²) < 4.78 is 5.32. The molecular formula is C13H23N3O. The maximum absolute atomic E-state index is 8.98. The minimum atomic E-state index is 0.249. The molecule has 4 nitrogen and oxygen atoms in total. The molecule has 1 heterocycles. The molecule has 1 saturated heterocycles. The van der Waals surface area contributed by atoms with Crippen LogP contribution in [0.1, 0.15) is 25.7 Å². The van der Waals surface area contributed by atoms with E-state index in [0.717, 1.165) is 45.8 Å². The largest absolute Gasteiger partial charge is 0.379 e. The van der Waals surface area contributed by atoms with Crippen LogP contribution in [-0.2, 0) is 4.74 Å². The molecule has 96 valence electrons. The van der Waals surface area contributed by atoms with Gasteiger partial charge in [0.2, 0.25) is 0 Å². The van der Waals surface area contributed by atoms with E-state index in [-0.39, 0.29) is 5.92 Å². The number of nitrogens with one attached hydrogen (secondary N) is 1. The predicted octanol–water partition coefficient (Wildman–Crippen LogP) is 0.991. The molecule has 0 amide bonds. The molecule has 1 saturated carbocycles. The molecule has 2 aliphatic rings. The van der Waals surface area contributed by atoms with Gasteiger partial charge in [-0.1, -0.05) is 6.42 Å². The lowest BCUT2D eigenvalue weighted by Crippen LogP contribution is -2.39. The third kappa shape index (κ3) is 3.95. The second kappa shape index (κ2) is 6.95. The molecule has 0 spiro atoms. The van der Waals surface area contributed by atoms with Gasteiger partial charge in [0.1, 0.15) is 0 Å². The summed E-state index contributed by atoms with van der Waals surface area (Å²) in [5, 5.41) is 12.5. The van der Waals surface area contributed by atoms with E-state index in [2.05, 4.69) is 16.3 Å². The Morgan fingerprint density at radius 2 is 2.12 bits per heavy atom. The molecule has 0 bridgehead atoms. The first-order chi connectivity index (χ1) is 8.40. The van der Waals surface area contributed by atoms with Gasteiger partial charge < -0.3 is 10.1 Å². The molecule has 17 heavy (non-hydrogen) atoms. The van der Waals surface area contributed by atoms with Crippen LogP contribution in [0.15, 0.2) is 0 Å². The van der Waals surface area contributed by atoms with Gasteiger partial charge in [0.05, 0.1) is 25.2 Å². The summed E-state index contributed by atoms with van der Waals surface area (Å²) in [4.78, 5) is 2.46. The average molecular weight is 237 g/mol. The van der Waals surface area contributed by atoms with Crippen molar-refractivity contribution < 1.29 is 4.74 Å². The average Bonchev–Trinajstić information content (AvgIpc) is 2.83. The molecule has 1 aliphatic carbocycles. The first-order valence-corrected chi connectivity index (χ1v) is 6.83. The zero-order valence-electron chi connectivity index (χ0n) is 10.5. The van der Waals surface area contributed by atoms with E-state index >= 15 is 0 Å². The normalized spacial score (nSPS) is 30.3. The van der Waals surface area contributed by atoms with Gasteiger partial charge in [-0.25, -0.2) is 0 Å². The third-order valence-electron chi connectivity index (χ3n) is 3.84. The van der Waals surface area contributed by atoms with Crippen LogP contribution in [0.2, 0.25) is 0 Å². The summed E-state index contributed by atoms with van der Waals surface area (Å²) >= 11 is 0. The number of hydrogen-bond donors (Lipinski definition) is 1. The van der Waals surface area contributed by atoms with Crippen LogP contribution < -0.4 is 5.32 Å². The van der Waals surface area contributed by atoms with Crippen molar-refractivity contribution in [3.8, 4) is 6.07 Å². The highest BCUT2D eigenvalue weighted by Crippen LogP contribution is 2.24. The summed E-state index contributed by atoms with van der Waals surface area (Å²) in [5.74, 6) is 0.249. The Hall–Kier alpha value is -0.630. The minimum Gasteiger partial charge on any atom is -0.379 e. The summed E-state index contributed by atoms with van der Waals surface area (Å²) in [5.41, 5.74) is 0. The first kappa shape index (κ1) is 12.8. The van der Waals surface area contributed by atoms with E-state index in [0.29, 0.717) is 6.04 Å². The van der Waals surface area contributed by atoms with Crippen molar-refractivity contribution in [1.82, 2.24) is 10.2 Å². The van der Waals surface area contributed by atoms with Gasteiger partial charge in [0.15, 0.2) is 0 Å². The van der Waals surface area contributed by atoms with Crippen LogP contribution in [0.5, 0.6) is 0 Å². The summed E-state index contributed by atoms with van der Waals surface area (Å²) in [6, 6.07) is 2.86. The van der Waals surface area contributed by atoms with E-state index in [1.165, 1.54) is 19.3 Å². The molecular weight excluding hydrogens is 214 g/mol. The molecule has 2 atom stereocenters. The molecule has 0 radical (unpaired) electrons. The molecule has 1 N–H and O–H groups in total. The Kier molecular flexibility index (Phi) is 5.24. The van der Waals surface area contributed by atoms with Crippen molar-refractivity contribution in [2.24, 2.45) is 5.92 Å². The number of rotatable bonds is 5. The Morgan fingerprint density at radius 3 is 2.88 bits per heavy atom. The SMILES string of the molecule is N#CC1CCCC1NCCCN1CCOCC1. The molecule has 0 aromatic carbocycles. The van der Waals surface area contributed by atoms with E-state index in [1.54, 1.807) is 0 Å². The molecule has 2 fully saturated rings. The number of hydrogen-bond acceptors (Lipinski definition) is 4. The maximum atomic E-state index is 8.98. The van der Waals surface area contributed by atoms with Gasteiger partial charge in [-0.3, -0.25) is 4.90 Å². The van der Waals surface area contributed by atoms with E-state index in [9.17, 15) is 0 Å². The second-order valence-corrected chi connectivity index (χ2v) is 5.03. The van der Waals surface area contributed by atoms with E-state index < -0.39 is 0 Å². The number of nitriles is 1. The zero-order valence-corrected chi connectivity index (χ0v) is 10.5. The molecule has 4 heteroatoms. The van der Waals surface area contributed by atoms with Crippen LogP contribution in [0, 0.1) is 17.2 Å². The lowest BCUT2D eigenvalue weighted by molar-refractivity contribution is 0.0373. The van der Waals surface area contributed by atoms with Gasteiger partial charge in [-0.2, -0.15) is 5.26 Å². The van der Waals surface area contributed by atoms with Crippen molar-refractivity contribution in [2.45, 2.75) is 31.7 Å². The van der Waals surface area contributed by atoms with Gasteiger partial charge in [-0.05, 0) is 32.4 Å². The highest BCUT2D eigenvalue weighted by molar-refractivity contribution is 4.96. The molecule has 0 aromatic rings. The molecule has 0 aromatic heterocycles. The summed E-state index contributed by atoms with van der Waals surface area (Å²) in [6.07, 6.45) is 4.64. The molecule has 2 rings (SSSR count). The fourth-order valence-electron chi connectivity index (χ4n) is 2.77. The predicted molar refractivity (Wildman–Crippen MR) is 66.6 cm³/mol. The highest BCUT2D eigenvalue weighted by atomic mass is 16.5. The van der Waals surface area contributed by atoms with Gasteiger partial charge >= 0.3 is 0 Å². The van der Waals surface area contributed by atoms with Crippen molar-refractivity contribution >= 4 is 0 Å². The van der Waals surface area contributed by atoms with Crippen LogP contribution in [-0.4, -0.2) is 50.3 Å². The number of nitrogens with zero attached hydrogens (tertiary/aromatic N) is 2. The standard InChI is InChI=1S/C13H23N3O/c14-11-12-3-1-4-13(12)15-5-2-6-16-7-9-17-10-8-16/h12-13,15H,1-10H2.